The van der Waals surface area contributed by atoms with Crippen molar-refractivity contribution < 1.29 is 9.72 Å². The number of pyridine rings is 1. The first kappa shape index (κ1) is 13.4. The number of nitrogens with zero attached hydrogens (tertiary/aromatic N) is 4. The Morgan fingerprint density at radius 3 is 2.58 bits per heavy atom. The molecule has 1 aromatic heterocycles. The lowest BCUT2D eigenvalue weighted by atomic mass is 10.2. The molecule has 102 valence electrons. The fourth-order valence-corrected chi connectivity index (χ4v) is 2.05. The fraction of sp³-hybridized carbons (Fsp3) is 0.500. The SMILES string of the molecule is CC(C)N1CCN(c2ccc([N+](=O)[O-])nc2)C(=O)C1. The lowest BCUT2D eigenvalue weighted by Crippen LogP contribution is -2.52. The third-order valence-corrected chi connectivity index (χ3v) is 3.21. The predicted octanol–water partition coefficient (Wildman–Crippen LogP) is 1.05. The van der Waals surface area contributed by atoms with Gasteiger partial charge in [0.2, 0.25) is 5.91 Å². The molecule has 7 heteroatoms. The number of carbonyl (C=O) groups is 1. The second-order valence-electron chi connectivity index (χ2n) is 4.74. The van der Waals surface area contributed by atoms with E-state index in [0.29, 0.717) is 24.8 Å². The molecule has 2 heterocycles. The second kappa shape index (κ2) is 5.31. The van der Waals surface area contributed by atoms with Gasteiger partial charge in [-0.3, -0.25) is 9.69 Å². The molecule has 1 amide bonds. The average molecular weight is 264 g/mol. The van der Waals surface area contributed by atoms with Crippen molar-refractivity contribution in [2.24, 2.45) is 0 Å². The van der Waals surface area contributed by atoms with Crippen LogP contribution in [0.15, 0.2) is 18.3 Å². The third-order valence-electron chi connectivity index (χ3n) is 3.21. The van der Waals surface area contributed by atoms with Gasteiger partial charge in [0, 0.05) is 25.2 Å². The maximum absolute atomic E-state index is 12.1. The number of nitro groups is 1. The number of rotatable bonds is 3. The summed E-state index contributed by atoms with van der Waals surface area (Å²) in [5.74, 6) is -0.215. The summed E-state index contributed by atoms with van der Waals surface area (Å²) >= 11 is 0. The van der Waals surface area contributed by atoms with E-state index < -0.39 is 4.92 Å². The molecule has 0 bridgehead atoms. The monoisotopic (exact) mass is 264 g/mol. The molecule has 19 heavy (non-hydrogen) atoms. The van der Waals surface area contributed by atoms with Gasteiger partial charge >= 0.3 is 5.82 Å². The first-order valence-electron chi connectivity index (χ1n) is 6.14. The molecule has 0 radical (unpaired) electrons. The molecule has 7 nitrogen and oxygen atoms in total. The first-order chi connectivity index (χ1) is 8.99. The van der Waals surface area contributed by atoms with Crippen LogP contribution in [-0.2, 0) is 4.79 Å². The van der Waals surface area contributed by atoms with Crippen LogP contribution in [0.3, 0.4) is 0 Å². The molecule has 0 aliphatic carbocycles. The molecule has 1 aromatic rings. The van der Waals surface area contributed by atoms with E-state index >= 15 is 0 Å². The third kappa shape index (κ3) is 2.87. The Kier molecular flexibility index (Phi) is 3.75. The van der Waals surface area contributed by atoms with Crippen LogP contribution in [0.1, 0.15) is 13.8 Å². The van der Waals surface area contributed by atoms with Crippen LogP contribution in [-0.4, -0.2) is 46.4 Å². The van der Waals surface area contributed by atoms with Crippen molar-refractivity contribution in [1.29, 1.82) is 0 Å². The van der Waals surface area contributed by atoms with E-state index in [1.165, 1.54) is 12.3 Å². The summed E-state index contributed by atoms with van der Waals surface area (Å²) in [4.78, 5) is 29.5. The minimum Gasteiger partial charge on any atom is -0.358 e. The first-order valence-corrected chi connectivity index (χ1v) is 6.14. The summed E-state index contributed by atoms with van der Waals surface area (Å²) in [5, 5.41) is 10.5. The molecule has 1 saturated heterocycles. The lowest BCUT2D eigenvalue weighted by molar-refractivity contribution is -0.389. The molecule has 0 saturated carbocycles. The van der Waals surface area contributed by atoms with Crippen molar-refractivity contribution in [2.45, 2.75) is 19.9 Å². The number of hydrogen-bond acceptors (Lipinski definition) is 5. The Labute approximate surface area is 111 Å². The predicted molar refractivity (Wildman–Crippen MR) is 70.0 cm³/mol. The largest absolute Gasteiger partial charge is 0.363 e. The van der Waals surface area contributed by atoms with Crippen molar-refractivity contribution in [3.05, 3.63) is 28.4 Å². The second-order valence-corrected chi connectivity index (χ2v) is 4.74. The van der Waals surface area contributed by atoms with E-state index in [1.807, 2.05) is 0 Å². The van der Waals surface area contributed by atoms with Gasteiger partial charge in [0.05, 0.1) is 12.2 Å². The average Bonchev–Trinajstić information content (AvgIpc) is 2.38. The Balaban J connectivity index is 2.11. The van der Waals surface area contributed by atoms with Crippen LogP contribution in [0.5, 0.6) is 0 Å². The zero-order chi connectivity index (χ0) is 14.0. The van der Waals surface area contributed by atoms with E-state index in [2.05, 4.69) is 23.7 Å². The summed E-state index contributed by atoms with van der Waals surface area (Å²) in [6, 6.07) is 3.21. The van der Waals surface area contributed by atoms with Crippen LogP contribution < -0.4 is 4.90 Å². The summed E-state index contributed by atoms with van der Waals surface area (Å²) in [6.07, 6.45) is 1.38. The molecule has 1 aliphatic heterocycles. The lowest BCUT2D eigenvalue weighted by Gasteiger charge is -2.35. The molecule has 1 fully saturated rings. The van der Waals surface area contributed by atoms with Gasteiger partial charge in [-0.2, -0.15) is 0 Å². The Bertz CT molecular complexity index is 486. The molecular weight excluding hydrogens is 248 g/mol. The molecule has 0 unspecified atom stereocenters. The summed E-state index contributed by atoms with van der Waals surface area (Å²) in [6.45, 7) is 5.85. The number of anilines is 1. The highest BCUT2D eigenvalue weighted by atomic mass is 16.6. The smallest absolute Gasteiger partial charge is 0.358 e. The summed E-state index contributed by atoms with van der Waals surface area (Å²) in [5.41, 5.74) is 0.610. The van der Waals surface area contributed by atoms with Crippen LogP contribution in [0, 0.1) is 10.1 Å². The standard InChI is InChI=1S/C12H16N4O3/c1-9(2)14-5-6-15(12(17)8-14)10-3-4-11(13-7-10)16(18)19/h3-4,7,9H,5-6,8H2,1-2H3. The number of amides is 1. The highest BCUT2D eigenvalue weighted by Crippen LogP contribution is 2.19. The maximum atomic E-state index is 12.1. The molecule has 1 aliphatic rings. The minimum absolute atomic E-state index is 0.00407. The van der Waals surface area contributed by atoms with Crippen molar-refractivity contribution in [1.82, 2.24) is 9.88 Å². The van der Waals surface area contributed by atoms with Gasteiger partial charge in [-0.15, -0.1) is 0 Å². The van der Waals surface area contributed by atoms with Gasteiger partial charge in [-0.1, -0.05) is 0 Å². The zero-order valence-corrected chi connectivity index (χ0v) is 10.9. The number of hydrogen-bond donors (Lipinski definition) is 0. The van der Waals surface area contributed by atoms with Gasteiger partial charge in [0.1, 0.15) is 0 Å². The Hall–Kier alpha value is -2.02. The number of aromatic nitrogens is 1. The van der Waals surface area contributed by atoms with Gasteiger partial charge in [-0.25, -0.2) is 0 Å². The fourth-order valence-electron chi connectivity index (χ4n) is 2.05. The summed E-state index contributed by atoms with van der Waals surface area (Å²) < 4.78 is 0. The van der Waals surface area contributed by atoms with Gasteiger partial charge in [0.25, 0.3) is 0 Å². The Morgan fingerprint density at radius 2 is 2.11 bits per heavy atom. The Morgan fingerprint density at radius 1 is 1.37 bits per heavy atom. The van der Waals surface area contributed by atoms with Crippen molar-refractivity contribution >= 4 is 17.4 Å². The molecule has 0 N–H and O–H groups in total. The van der Waals surface area contributed by atoms with E-state index in [4.69, 9.17) is 0 Å². The molecule has 0 aromatic carbocycles. The number of carbonyl (C=O) groups excluding carboxylic acids is 1. The van der Waals surface area contributed by atoms with E-state index in [0.717, 1.165) is 6.54 Å². The van der Waals surface area contributed by atoms with Crippen molar-refractivity contribution in [3.63, 3.8) is 0 Å². The quantitative estimate of drug-likeness (QED) is 0.602. The molecular formula is C12H16N4O3. The van der Waals surface area contributed by atoms with Crippen molar-refractivity contribution in [3.8, 4) is 0 Å². The summed E-state index contributed by atoms with van der Waals surface area (Å²) in [7, 11) is 0. The topological polar surface area (TPSA) is 79.6 Å². The van der Waals surface area contributed by atoms with Gasteiger partial charge in [0.15, 0.2) is 6.20 Å². The van der Waals surface area contributed by atoms with Gasteiger partial charge in [-0.05, 0) is 29.8 Å². The van der Waals surface area contributed by atoms with E-state index in [9.17, 15) is 14.9 Å². The molecule has 0 spiro atoms. The molecule has 2 rings (SSSR count). The van der Waals surface area contributed by atoms with Crippen LogP contribution in [0.2, 0.25) is 0 Å². The van der Waals surface area contributed by atoms with Crippen LogP contribution >= 0.6 is 0 Å². The maximum Gasteiger partial charge on any atom is 0.363 e. The normalized spacial score (nSPS) is 17.0. The van der Waals surface area contributed by atoms with E-state index in [-0.39, 0.29) is 11.7 Å². The minimum atomic E-state index is -0.553. The molecule has 0 atom stereocenters. The zero-order valence-electron chi connectivity index (χ0n) is 10.9. The highest BCUT2D eigenvalue weighted by Gasteiger charge is 2.27. The highest BCUT2D eigenvalue weighted by molar-refractivity contribution is 5.95. The van der Waals surface area contributed by atoms with Gasteiger partial charge < -0.3 is 15.0 Å². The van der Waals surface area contributed by atoms with Crippen LogP contribution in [0.25, 0.3) is 0 Å². The number of piperazine rings is 1. The van der Waals surface area contributed by atoms with Crippen LogP contribution in [0.4, 0.5) is 11.5 Å². The van der Waals surface area contributed by atoms with Crippen molar-refractivity contribution in [2.75, 3.05) is 24.5 Å². The van der Waals surface area contributed by atoms with E-state index in [1.54, 1.807) is 11.0 Å².